The van der Waals surface area contributed by atoms with Crippen molar-refractivity contribution in [3.8, 4) is 0 Å². The number of aliphatic hydroxyl groups excluding tert-OH is 1. The largest absolute Gasteiger partial charge is 0.388 e. The van der Waals surface area contributed by atoms with Crippen LogP contribution in [-0.2, 0) is 13.2 Å². The maximum Gasteiger partial charge on any atom is 0.153 e. The van der Waals surface area contributed by atoms with Gasteiger partial charge in [-0.3, -0.25) is 0 Å². The zero-order valence-electron chi connectivity index (χ0n) is 12.1. The molecule has 110 valence electrons. The van der Waals surface area contributed by atoms with Crippen molar-refractivity contribution >= 4 is 5.70 Å². The van der Waals surface area contributed by atoms with Crippen molar-refractivity contribution < 1.29 is 5.11 Å². The maximum atomic E-state index is 9.27. The zero-order chi connectivity index (χ0) is 14.8. The molecule has 21 heavy (non-hydrogen) atoms. The SMILES string of the molecule is Cc1nc(CO)n(Cc2cn(C3=CC=CC(C)C3)nn2)n1. The molecule has 0 radical (unpaired) electrons. The lowest BCUT2D eigenvalue weighted by atomic mass is 10.0. The molecule has 0 aromatic carbocycles. The standard InChI is InChI=1S/C14H18N6O/c1-10-4-3-5-13(6-10)19-7-12(16-18-19)8-20-14(9-21)15-11(2)17-20/h3-5,7,10,21H,6,8-9H2,1-2H3. The highest BCUT2D eigenvalue weighted by Gasteiger charge is 2.13. The Morgan fingerprint density at radius 2 is 2.29 bits per heavy atom. The van der Waals surface area contributed by atoms with Gasteiger partial charge in [0.2, 0.25) is 0 Å². The van der Waals surface area contributed by atoms with Gasteiger partial charge in [-0.25, -0.2) is 14.3 Å². The van der Waals surface area contributed by atoms with Crippen LogP contribution in [0.4, 0.5) is 0 Å². The van der Waals surface area contributed by atoms with Gasteiger partial charge in [0.15, 0.2) is 5.82 Å². The quantitative estimate of drug-likeness (QED) is 0.912. The van der Waals surface area contributed by atoms with Crippen molar-refractivity contribution in [1.29, 1.82) is 0 Å². The number of hydrogen-bond donors (Lipinski definition) is 1. The average Bonchev–Trinajstić information content (AvgIpc) is 3.06. The average molecular weight is 286 g/mol. The highest BCUT2D eigenvalue weighted by atomic mass is 16.3. The molecule has 1 unspecified atom stereocenters. The minimum absolute atomic E-state index is 0.136. The molecule has 0 aliphatic heterocycles. The van der Waals surface area contributed by atoms with Crippen LogP contribution >= 0.6 is 0 Å². The third kappa shape index (κ3) is 2.92. The number of allylic oxidation sites excluding steroid dienone is 4. The van der Waals surface area contributed by atoms with Gasteiger partial charge >= 0.3 is 0 Å². The lowest BCUT2D eigenvalue weighted by molar-refractivity contribution is 0.263. The number of aromatic nitrogens is 6. The Morgan fingerprint density at radius 3 is 3.05 bits per heavy atom. The molecule has 0 saturated heterocycles. The Labute approximate surface area is 122 Å². The second-order valence-electron chi connectivity index (χ2n) is 5.27. The molecule has 0 bridgehead atoms. The van der Waals surface area contributed by atoms with Crippen LogP contribution < -0.4 is 0 Å². The van der Waals surface area contributed by atoms with E-state index in [0.717, 1.165) is 17.8 Å². The molecule has 1 aliphatic rings. The summed E-state index contributed by atoms with van der Waals surface area (Å²) in [5.74, 6) is 1.69. The van der Waals surface area contributed by atoms with E-state index in [-0.39, 0.29) is 6.61 Å². The number of rotatable bonds is 4. The topological polar surface area (TPSA) is 81.7 Å². The molecule has 2 aromatic heterocycles. The van der Waals surface area contributed by atoms with Crippen LogP contribution in [0.2, 0.25) is 0 Å². The zero-order valence-corrected chi connectivity index (χ0v) is 12.1. The van der Waals surface area contributed by atoms with Gasteiger partial charge in [0, 0.05) is 5.70 Å². The molecular weight excluding hydrogens is 268 g/mol. The molecule has 2 aromatic rings. The van der Waals surface area contributed by atoms with Gasteiger partial charge < -0.3 is 5.11 Å². The van der Waals surface area contributed by atoms with Crippen molar-refractivity contribution in [3.63, 3.8) is 0 Å². The number of hydrogen-bond acceptors (Lipinski definition) is 5. The highest BCUT2D eigenvalue weighted by molar-refractivity contribution is 5.49. The first-order chi connectivity index (χ1) is 10.2. The fourth-order valence-corrected chi connectivity index (χ4v) is 2.40. The maximum absolute atomic E-state index is 9.27. The number of aryl methyl sites for hydroxylation is 1. The summed E-state index contributed by atoms with van der Waals surface area (Å²) in [4.78, 5) is 4.16. The van der Waals surface area contributed by atoms with E-state index in [0.29, 0.717) is 24.1 Å². The first-order valence-corrected chi connectivity index (χ1v) is 6.96. The predicted molar refractivity (Wildman–Crippen MR) is 77.0 cm³/mol. The molecule has 7 nitrogen and oxygen atoms in total. The number of nitrogens with zero attached hydrogens (tertiary/aromatic N) is 6. The second-order valence-corrected chi connectivity index (χ2v) is 5.27. The van der Waals surface area contributed by atoms with Crippen LogP contribution in [0.1, 0.15) is 30.7 Å². The Hall–Kier alpha value is -2.28. The van der Waals surface area contributed by atoms with E-state index in [4.69, 9.17) is 0 Å². The summed E-state index contributed by atoms with van der Waals surface area (Å²) in [7, 11) is 0. The first-order valence-electron chi connectivity index (χ1n) is 6.96. The van der Waals surface area contributed by atoms with Gasteiger partial charge in [-0.05, 0) is 25.3 Å². The summed E-state index contributed by atoms with van der Waals surface area (Å²) in [5.41, 5.74) is 1.92. The van der Waals surface area contributed by atoms with E-state index >= 15 is 0 Å². The third-order valence-electron chi connectivity index (χ3n) is 3.40. The molecule has 3 rings (SSSR count). The van der Waals surface area contributed by atoms with Crippen molar-refractivity contribution in [2.75, 3.05) is 0 Å². The second kappa shape index (κ2) is 5.61. The van der Waals surface area contributed by atoms with Crippen molar-refractivity contribution in [2.45, 2.75) is 33.4 Å². The van der Waals surface area contributed by atoms with Gasteiger partial charge in [-0.15, -0.1) is 5.10 Å². The fourth-order valence-electron chi connectivity index (χ4n) is 2.40. The molecular formula is C14H18N6O. The van der Waals surface area contributed by atoms with E-state index in [1.165, 1.54) is 0 Å². The summed E-state index contributed by atoms with van der Waals surface area (Å²) in [6.07, 6.45) is 9.12. The van der Waals surface area contributed by atoms with E-state index in [1.807, 2.05) is 6.20 Å². The van der Waals surface area contributed by atoms with Crippen molar-refractivity contribution in [2.24, 2.45) is 5.92 Å². The molecule has 1 N–H and O–H groups in total. The van der Waals surface area contributed by atoms with Crippen molar-refractivity contribution in [3.05, 3.63) is 41.8 Å². The van der Waals surface area contributed by atoms with Gasteiger partial charge in [0.1, 0.15) is 18.1 Å². The number of aliphatic hydroxyl groups is 1. The van der Waals surface area contributed by atoms with Crippen LogP contribution in [0.25, 0.3) is 5.70 Å². The molecule has 1 aliphatic carbocycles. The van der Waals surface area contributed by atoms with Crippen LogP contribution in [0, 0.1) is 12.8 Å². The minimum atomic E-state index is -0.136. The monoisotopic (exact) mass is 286 g/mol. The molecule has 0 spiro atoms. The summed E-state index contributed by atoms with van der Waals surface area (Å²) in [6, 6.07) is 0. The summed E-state index contributed by atoms with van der Waals surface area (Å²) in [5, 5.41) is 21.9. The third-order valence-corrected chi connectivity index (χ3v) is 3.40. The van der Waals surface area contributed by atoms with Gasteiger partial charge in [-0.1, -0.05) is 24.3 Å². The summed E-state index contributed by atoms with van der Waals surface area (Å²) < 4.78 is 3.46. The molecule has 0 fully saturated rings. The van der Waals surface area contributed by atoms with Gasteiger partial charge in [0.05, 0.1) is 12.7 Å². The Kier molecular flexibility index (Phi) is 3.66. The van der Waals surface area contributed by atoms with Crippen LogP contribution in [0.3, 0.4) is 0 Å². The van der Waals surface area contributed by atoms with Crippen LogP contribution in [0.15, 0.2) is 24.4 Å². The van der Waals surface area contributed by atoms with E-state index < -0.39 is 0 Å². The van der Waals surface area contributed by atoms with Gasteiger partial charge in [-0.2, -0.15) is 5.10 Å². The molecule has 2 heterocycles. The lowest BCUT2D eigenvalue weighted by Gasteiger charge is -2.13. The lowest BCUT2D eigenvalue weighted by Crippen LogP contribution is -2.07. The van der Waals surface area contributed by atoms with Gasteiger partial charge in [0.25, 0.3) is 0 Å². The Balaban J connectivity index is 1.79. The first kappa shape index (κ1) is 13.7. The van der Waals surface area contributed by atoms with Crippen LogP contribution in [0.5, 0.6) is 0 Å². The Bertz CT molecular complexity index is 696. The van der Waals surface area contributed by atoms with Crippen molar-refractivity contribution in [1.82, 2.24) is 29.8 Å². The summed E-state index contributed by atoms with van der Waals surface area (Å²) in [6.45, 7) is 4.29. The molecule has 1 atom stereocenters. The van der Waals surface area contributed by atoms with E-state index in [1.54, 1.807) is 16.3 Å². The fraction of sp³-hybridized carbons (Fsp3) is 0.429. The molecule has 7 heteroatoms. The summed E-state index contributed by atoms with van der Waals surface area (Å²) >= 11 is 0. The van der Waals surface area contributed by atoms with Crippen LogP contribution in [-0.4, -0.2) is 34.9 Å². The predicted octanol–water partition coefficient (Wildman–Crippen LogP) is 1.16. The normalized spacial score (nSPS) is 18.0. The Morgan fingerprint density at radius 1 is 1.43 bits per heavy atom. The smallest absolute Gasteiger partial charge is 0.153 e. The van der Waals surface area contributed by atoms with E-state index in [2.05, 4.69) is 45.5 Å². The molecule has 0 amide bonds. The minimum Gasteiger partial charge on any atom is -0.388 e. The highest BCUT2D eigenvalue weighted by Crippen LogP contribution is 2.21. The van der Waals surface area contributed by atoms with E-state index in [9.17, 15) is 5.11 Å². The molecule has 0 saturated carbocycles.